The van der Waals surface area contributed by atoms with Crippen LogP contribution in [-0.2, 0) is 17.9 Å². The highest BCUT2D eigenvalue weighted by Gasteiger charge is 2.15. The average Bonchev–Trinajstić information content (AvgIpc) is 3.31. The maximum absolute atomic E-state index is 12.4. The number of para-hydroxylation sites is 1. The monoisotopic (exact) mass is 397 g/mol. The molecule has 138 valence electrons. The zero-order valence-corrected chi connectivity index (χ0v) is 16.8. The number of benzene rings is 1. The van der Waals surface area contributed by atoms with Gasteiger partial charge in [0.15, 0.2) is 5.65 Å². The second kappa shape index (κ2) is 7.66. The Labute approximate surface area is 165 Å². The highest BCUT2D eigenvalue weighted by atomic mass is 32.2. The average molecular weight is 398 g/mol. The fourth-order valence-electron chi connectivity index (χ4n) is 3.05. The minimum absolute atomic E-state index is 0.0472. The predicted octanol–water partition coefficient (Wildman–Crippen LogP) is 3.81. The second-order valence-electron chi connectivity index (χ2n) is 6.20. The van der Waals surface area contributed by atoms with Crippen LogP contribution < -0.4 is 0 Å². The molecule has 0 aliphatic rings. The van der Waals surface area contributed by atoms with E-state index >= 15 is 0 Å². The van der Waals surface area contributed by atoms with Gasteiger partial charge in [0.1, 0.15) is 5.52 Å². The molecule has 27 heavy (non-hydrogen) atoms. The van der Waals surface area contributed by atoms with Crippen LogP contribution >= 0.6 is 23.1 Å². The second-order valence-corrected chi connectivity index (χ2v) is 7.92. The number of aromatic nitrogens is 4. The van der Waals surface area contributed by atoms with E-state index in [2.05, 4.69) is 38.1 Å². The van der Waals surface area contributed by atoms with Crippen molar-refractivity contribution >= 4 is 51.1 Å². The standard InChI is InChI=1S/C19H19N5OS2/c1-3-24-15-7-5-4-6-14(15)17-18(24)20-19(22-21-17)27-12-16(25)23(2)10-13-8-9-26-11-13/h4-9,11H,3,10,12H2,1-2H3. The molecule has 3 heterocycles. The lowest BCUT2D eigenvalue weighted by Crippen LogP contribution is -2.27. The van der Waals surface area contributed by atoms with Crippen LogP contribution in [0.4, 0.5) is 0 Å². The van der Waals surface area contributed by atoms with E-state index < -0.39 is 0 Å². The summed E-state index contributed by atoms with van der Waals surface area (Å²) in [6.07, 6.45) is 0. The van der Waals surface area contributed by atoms with E-state index in [1.165, 1.54) is 11.8 Å². The molecule has 0 spiro atoms. The molecule has 0 N–H and O–H groups in total. The SMILES string of the molecule is CCn1c2ccccc2c2nnc(SCC(=O)N(C)Cc3ccsc3)nc21. The molecule has 8 heteroatoms. The molecule has 1 aromatic carbocycles. The van der Waals surface area contributed by atoms with E-state index in [1.807, 2.05) is 36.7 Å². The molecular weight excluding hydrogens is 378 g/mol. The molecule has 0 atom stereocenters. The molecule has 4 rings (SSSR count). The van der Waals surface area contributed by atoms with E-state index in [-0.39, 0.29) is 5.91 Å². The third-order valence-corrected chi connectivity index (χ3v) is 5.98. The topological polar surface area (TPSA) is 63.9 Å². The number of thiophene rings is 1. The number of amides is 1. The Hall–Kier alpha value is -2.45. The summed E-state index contributed by atoms with van der Waals surface area (Å²) in [6, 6.07) is 10.1. The van der Waals surface area contributed by atoms with Gasteiger partial charge in [-0.1, -0.05) is 30.0 Å². The maximum Gasteiger partial charge on any atom is 0.233 e. The molecule has 0 fully saturated rings. The van der Waals surface area contributed by atoms with Crippen molar-refractivity contribution in [2.75, 3.05) is 12.8 Å². The Morgan fingerprint density at radius 2 is 2.11 bits per heavy atom. The number of hydrogen-bond acceptors (Lipinski definition) is 6. The van der Waals surface area contributed by atoms with Crippen molar-refractivity contribution in [2.45, 2.75) is 25.2 Å². The van der Waals surface area contributed by atoms with Crippen molar-refractivity contribution in [2.24, 2.45) is 0 Å². The fourth-order valence-corrected chi connectivity index (χ4v) is 4.43. The van der Waals surface area contributed by atoms with Crippen molar-refractivity contribution in [3.63, 3.8) is 0 Å². The lowest BCUT2D eigenvalue weighted by molar-refractivity contribution is -0.127. The fraction of sp³-hybridized carbons (Fsp3) is 0.263. The first-order valence-electron chi connectivity index (χ1n) is 8.67. The maximum atomic E-state index is 12.4. The molecule has 0 saturated heterocycles. The van der Waals surface area contributed by atoms with Crippen LogP contribution in [-0.4, -0.2) is 43.4 Å². The highest BCUT2D eigenvalue weighted by molar-refractivity contribution is 7.99. The lowest BCUT2D eigenvalue weighted by atomic mass is 10.2. The third kappa shape index (κ3) is 3.54. The minimum atomic E-state index is 0.0472. The van der Waals surface area contributed by atoms with Gasteiger partial charge in [0.05, 0.1) is 11.3 Å². The molecule has 3 aromatic heterocycles. The van der Waals surface area contributed by atoms with Gasteiger partial charge >= 0.3 is 0 Å². The van der Waals surface area contributed by atoms with Crippen LogP contribution in [0.25, 0.3) is 22.1 Å². The summed E-state index contributed by atoms with van der Waals surface area (Å²) in [6.45, 7) is 3.50. The molecule has 0 aliphatic heterocycles. The summed E-state index contributed by atoms with van der Waals surface area (Å²) in [5.41, 5.74) is 3.87. The highest BCUT2D eigenvalue weighted by Crippen LogP contribution is 2.27. The van der Waals surface area contributed by atoms with Gasteiger partial charge in [-0.05, 0) is 35.4 Å². The van der Waals surface area contributed by atoms with Crippen molar-refractivity contribution in [1.82, 2.24) is 24.6 Å². The van der Waals surface area contributed by atoms with E-state index in [9.17, 15) is 4.79 Å². The van der Waals surface area contributed by atoms with Crippen molar-refractivity contribution in [1.29, 1.82) is 0 Å². The first kappa shape index (κ1) is 17.9. The van der Waals surface area contributed by atoms with Gasteiger partial charge < -0.3 is 9.47 Å². The summed E-state index contributed by atoms with van der Waals surface area (Å²) in [5, 5.41) is 14.3. The van der Waals surface area contributed by atoms with Gasteiger partial charge in [0, 0.05) is 25.5 Å². The Balaban J connectivity index is 1.52. The summed E-state index contributed by atoms with van der Waals surface area (Å²) < 4.78 is 2.13. The Kier molecular flexibility index (Phi) is 5.09. The van der Waals surface area contributed by atoms with Gasteiger partial charge in [0.25, 0.3) is 0 Å². The Morgan fingerprint density at radius 1 is 1.26 bits per heavy atom. The largest absolute Gasteiger partial charge is 0.341 e. The van der Waals surface area contributed by atoms with E-state index in [0.717, 1.165) is 34.2 Å². The van der Waals surface area contributed by atoms with Gasteiger partial charge in [-0.15, -0.1) is 10.2 Å². The Morgan fingerprint density at radius 3 is 2.89 bits per heavy atom. The van der Waals surface area contributed by atoms with Gasteiger partial charge in [-0.3, -0.25) is 4.79 Å². The summed E-state index contributed by atoms with van der Waals surface area (Å²) in [5.74, 6) is 0.339. The minimum Gasteiger partial charge on any atom is -0.341 e. The van der Waals surface area contributed by atoms with E-state index in [1.54, 1.807) is 16.2 Å². The summed E-state index contributed by atoms with van der Waals surface area (Å²) >= 11 is 2.96. The number of hydrogen-bond donors (Lipinski definition) is 0. The zero-order chi connectivity index (χ0) is 18.8. The number of nitrogens with zero attached hydrogens (tertiary/aromatic N) is 5. The third-order valence-electron chi connectivity index (χ3n) is 4.42. The first-order valence-corrected chi connectivity index (χ1v) is 10.6. The quantitative estimate of drug-likeness (QED) is 0.463. The van der Waals surface area contributed by atoms with Crippen molar-refractivity contribution in [3.8, 4) is 0 Å². The molecule has 4 aromatic rings. The molecule has 0 saturated carbocycles. The van der Waals surface area contributed by atoms with Crippen LogP contribution in [0, 0.1) is 0 Å². The summed E-state index contributed by atoms with van der Waals surface area (Å²) in [7, 11) is 1.82. The lowest BCUT2D eigenvalue weighted by Gasteiger charge is -2.15. The molecule has 1 amide bonds. The zero-order valence-electron chi connectivity index (χ0n) is 15.1. The van der Waals surface area contributed by atoms with Crippen LogP contribution in [0.1, 0.15) is 12.5 Å². The number of thioether (sulfide) groups is 1. The molecule has 0 radical (unpaired) electrons. The number of carbonyl (C=O) groups excluding carboxylic acids is 1. The van der Waals surface area contributed by atoms with E-state index in [0.29, 0.717) is 17.5 Å². The van der Waals surface area contributed by atoms with Gasteiger partial charge in [-0.25, -0.2) is 4.98 Å². The first-order chi connectivity index (χ1) is 13.2. The molecule has 0 bridgehead atoms. The van der Waals surface area contributed by atoms with E-state index in [4.69, 9.17) is 0 Å². The van der Waals surface area contributed by atoms with Crippen molar-refractivity contribution in [3.05, 3.63) is 46.7 Å². The predicted molar refractivity (Wildman–Crippen MR) is 110 cm³/mol. The Bertz CT molecular complexity index is 1090. The smallest absolute Gasteiger partial charge is 0.233 e. The van der Waals surface area contributed by atoms with Gasteiger partial charge in [-0.2, -0.15) is 11.3 Å². The molecular formula is C19H19N5OS2. The molecule has 6 nitrogen and oxygen atoms in total. The number of fused-ring (bicyclic) bond motifs is 3. The van der Waals surface area contributed by atoms with Crippen LogP contribution in [0.3, 0.4) is 0 Å². The molecule has 0 unspecified atom stereocenters. The van der Waals surface area contributed by atoms with Crippen molar-refractivity contribution < 1.29 is 4.79 Å². The van der Waals surface area contributed by atoms with Crippen LogP contribution in [0.15, 0.2) is 46.2 Å². The number of aryl methyl sites for hydroxylation is 1. The summed E-state index contributed by atoms with van der Waals surface area (Å²) in [4.78, 5) is 18.8. The number of rotatable bonds is 6. The van der Waals surface area contributed by atoms with Crippen LogP contribution in [0.2, 0.25) is 0 Å². The number of carbonyl (C=O) groups is 1. The van der Waals surface area contributed by atoms with Crippen LogP contribution in [0.5, 0.6) is 0 Å². The molecule has 0 aliphatic carbocycles. The normalized spacial score (nSPS) is 11.3. The van der Waals surface area contributed by atoms with Gasteiger partial charge in [0.2, 0.25) is 11.1 Å².